The SMILES string of the molecule is NC(=S)c1ccc(N2CC(=O)NC(=O)C2)c(Cl)c1. The number of nitrogens with one attached hydrogen (secondary N) is 1. The number of nitrogens with zero attached hydrogens (tertiary/aromatic N) is 1. The Kier molecular flexibility index (Phi) is 3.49. The average Bonchev–Trinajstić information content (AvgIpc) is 2.27. The van der Waals surface area contributed by atoms with Crippen molar-refractivity contribution >= 4 is 46.3 Å². The number of carbonyl (C=O) groups excluding carboxylic acids is 2. The first kappa shape index (κ1) is 12.8. The molecule has 1 aromatic rings. The maximum absolute atomic E-state index is 11.3. The third kappa shape index (κ3) is 2.60. The average molecular weight is 284 g/mol. The van der Waals surface area contributed by atoms with Crippen molar-refractivity contribution in [3.63, 3.8) is 0 Å². The monoisotopic (exact) mass is 283 g/mol. The van der Waals surface area contributed by atoms with E-state index in [9.17, 15) is 9.59 Å². The van der Waals surface area contributed by atoms with Gasteiger partial charge in [-0.2, -0.15) is 0 Å². The number of hydrogen-bond acceptors (Lipinski definition) is 4. The molecule has 1 heterocycles. The lowest BCUT2D eigenvalue weighted by Crippen LogP contribution is -2.51. The van der Waals surface area contributed by atoms with Gasteiger partial charge < -0.3 is 10.6 Å². The van der Waals surface area contributed by atoms with Crippen LogP contribution < -0.4 is 16.0 Å². The van der Waals surface area contributed by atoms with Crippen LogP contribution >= 0.6 is 23.8 Å². The lowest BCUT2D eigenvalue weighted by molar-refractivity contribution is -0.130. The summed E-state index contributed by atoms with van der Waals surface area (Å²) in [6.07, 6.45) is 0. The number of imide groups is 1. The highest BCUT2D eigenvalue weighted by molar-refractivity contribution is 7.80. The molecule has 1 aliphatic heterocycles. The number of hydrogen-bond donors (Lipinski definition) is 2. The van der Waals surface area contributed by atoms with E-state index in [1.807, 2.05) is 0 Å². The van der Waals surface area contributed by atoms with Gasteiger partial charge in [-0.15, -0.1) is 0 Å². The normalized spacial score (nSPS) is 15.5. The van der Waals surface area contributed by atoms with E-state index in [1.54, 1.807) is 23.1 Å². The van der Waals surface area contributed by atoms with Crippen LogP contribution in [0.15, 0.2) is 18.2 Å². The van der Waals surface area contributed by atoms with Crippen LogP contribution in [0.25, 0.3) is 0 Å². The lowest BCUT2D eigenvalue weighted by Gasteiger charge is -2.28. The number of thiocarbonyl (C=S) groups is 1. The van der Waals surface area contributed by atoms with Crippen LogP contribution in [0.5, 0.6) is 0 Å². The van der Waals surface area contributed by atoms with Crippen LogP contribution in [-0.2, 0) is 9.59 Å². The van der Waals surface area contributed by atoms with Crippen LogP contribution in [0.3, 0.4) is 0 Å². The van der Waals surface area contributed by atoms with E-state index in [2.05, 4.69) is 5.32 Å². The molecular weight excluding hydrogens is 274 g/mol. The van der Waals surface area contributed by atoms with Gasteiger partial charge in [0.15, 0.2) is 0 Å². The predicted molar refractivity (Wildman–Crippen MR) is 72.7 cm³/mol. The number of halogens is 1. The molecule has 0 atom stereocenters. The van der Waals surface area contributed by atoms with Gasteiger partial charge >= 0.3 is 0 Å². The number of anilines is 1. The number of nitrogens with two attached hydrogens (primary N) is 1. The molecule has 94 valence electrons. The molecular formula is C11H10ClN3O2S. The van der Waals surface area contributed by atoms with Crippen LogP contribution in [0, 0.1) is 0 Å². The van der Waals surface area contributed by atoms with Gasteiger partial charge in [0.25, 0.3) is 0 Å². The second-order valence-corrected chi connectivity index (χ2v) is 4.70. The fraction of sp³-hybridized carbons (Fsp3) is 0.182. The summed E-state index contributed by atoms with van der Waals surface area (Å²) in [7, 11) is 0. The van der Waals surface area contributed by atoms with Crippen molar-refractivity contribution in [1.82, 2.24) is 5.32 Å². The first-order valence-corrected chi connectivity index (χ1v) is 5.93. The molecule has 5 nitrogen and oxygen atoms in total. The topological polar surface area (TPSA) is 75.4 Å². The summed E-state index contributed by atoms with van der Waals surface area (Å²) in [4.78, 5) is 24.4. The third-order valence-corrected chi connectivity index (χ3v) is 3.06. The number of benzene rings is 1. The highest BCUT2D eigenvalue weighted by atomic mass is 35.5. The summed E-state index contributed by atoms with van der Waals surface area (Å²) in [5, 5.41) is 2.63. The molecule has 3 N–H and O–H groups in total. The quantitative estimate of drug-likeness (QED) is 0.608. The first-order chi connectivity index (χ1) is 8.47. The molecule has 1 fully saturated rings. The van der Waals surface area contributed by atoms with Gasteiger partial charge in [0.2, 0.25) is 11.8 Å². The summed E-state index contributed by atoms with van der Waals surface area (Å²) in [5.74, 6) is -0.693. The Labute approximate surface area is 114 Å². The second kappa shape index (κ2) is 4.91. The second-order valence-electron chi connectivity index (χ2n) is 3.86. The number of carbonyl (C=O) groups is 2. The van der Waals surface area contributed by atoms with E-state index in [0.717, 1.165) is 0 Å². The Hall–Kier alpha value is -1.66. The van der Waals surface area contributed by atoms with E-state index >= 15 is 0 Å². The number of amides is 2. The minimum atomic E-state index is -0.347. The zero-order valence-electron chi connectivity index (χ0n) is 9.27. The Morgan fingerprint density at radius 2 is 1.94 bits per heavy atom. The van der Waals surface area contributed by atoms with Crippen LogP contribution in [-0.4, -0.2) is 29.9 Å². The molecule has 0 bridgehead atoms. The van der Waals surface area contributed by atoms with Crippen LogP contribution in [0.2, 0.25) is 5.02 Å². The molecule has 2 amide bonds. The van der Waals surface area contributed by atoms with Crippen molar-refractivity contribution in [2.75, 3.05) is 18.0 Å². The smallest absolute Gasteiger partial charge is 0.246 e. The van der Waals surface area contributed by atoms with Gasteiger partial charge in [0.05, 0.1) is 23.8 Å². The van der Waals surface area contributed by atoms with Crippen molar-refractivity contribution in [2.24, 2.45) is 5.73 Å². The van der Waals surface area contributed by atoms with Crippen LogP contribution in [0.1, 0.15) is 5.56 Å². The van der Waals surface area contributed by atoms with Crippen molar-refractivity contribution < 1.29 is 9.59 Å². The molecule has 2 rings (SSSR count). The Balaban J connectivity index is 2.31. The van der Waals surface area contributed by atoms with E-state index < -0.39 is 0 Å². The number of rotatable bonds is 2. The van der Waals surface area contributed by atoms with Crippen molar-refractivity contribution in [3.8, 4) is 0 Å². The van der Waals surface area contributed by atoms with E-state index in [4.69, 9.17) is 29.6 Å². The van der Waals surface area contributed by atoms with E-state index in [0.29, 0.717) is 16.3 Å². The maximum atomic E-state index is 11.3. The minimum absolute atomic E-state index is 0.0951. The molecule has 1 aromatic carbocycles. The number of piperazine rings is 1. The standard InChI is InChI=1S/C11H10ClN3O2S/c12-7-3-6(11(13)18)1-2-8(7)15-4-9(16)14-10(17)5-15/h1-3H,4-5H2,(H2,13,18)(H,14,16,17). The zero-order chi connectivity index (χ0) is 13.3. The molecule has 0 saturated carbocycles. The van der Waals surface area contributed by atoms with Gasteiger partial charge in [-0.3, -0.25) is 14.9 Å². The molecule has 0 aromatic heterocycles. The molecule has 0 radical (unpaired) electrons. The molecule has 18 heavy (non-hydrogen) atoms. The van der Waals surface area contributed by atoms with Crippen molar-refractivity contribution in [1.29, 1.82) is 0 Å². The molecule has 0 unspecified atom stereocenters. The maximum Gasteiger partial charge on any atom is 0.246 e. The summed E-state index contributed by atoms with van der Waals surface area (Å²) in [6.45, 7) is 0.190. The molecule has 1 aliphatic rings. The summed E-state index contributed by atoms with van der Waals surface area (Å²) < 4.78 is 0. The Morgan fingerprint density at radius 1 is 1.33 bits per heavy atom. The molecule has 0 aliphatic carbocycles. The molecule has 1 saturated heterocycles. The Morgan fingerprint density at radius 3 is 2.44 bits per heavy atom. The fourth-order valence-corrected chi connectivity index (χ4v) is 2.15. The zero-order valence-corrected chi connectivity index (χ0v) is 10.8. The third-order valence-electron chi connectivity index (χ3n) is 2.52. The van der Waals surface area contributed by atoms with Gasteiger partial charge in [0.1, 0.15) is 4.99 Å². The Bertz CT molecular complexity index is 531. The highest BCUT2D eigenvalue weighted by Gasteiger charge is 2.24. The fourth-order valence-electron chi connectivity index (χ4n) is 1.72. The predicted octanol–water partition coefficient (Wildman–Crippen LogP) is 0.437. The summed E-state index contributed by atoms with van der Waals surface area (Å²) in [5.41, 5.74) is 6.75. The molecule has 7 heteroatoms. The molecule has 0 spiro atoms. The van der Waals surface area contributed by atoms with Crippen molar-refractivity contribution in [3.05, 3.63) is 28.8 Å². The highest BCUT2D eigenvalue weighted by Crippen LogP contribution is 2.27. The van der Waals surface area contributed by atoms with Gasteiger partial charge in [-0.05, 0) is 18.2 Å². The van der Waals surface area contributed by atoms with Gasteiger partial charge in [-0.25, -0.2) is 0 Å². The largest absolute Gasteiger partial charge is 0.389 e. The first-order valence-electron chi connectivity index (χ1n) is 5.14. The lowest BCUT2D eigenvalue weighted by atomic mass is 10.2. The van der Waals surface area contributed by atoms with E-state index in [1.165, 1.54) is 0 Å². The van der Waals surface area contributed by atoms with Crippen LogP contribution in [0.4, 0.5) is 5.69 Å². The van der Waals surface area contributed by atoms with Crippen molar-refractivity contribution in [2.45, 2.75) is 0 Å². The van der Waals surface area contributed by atoms with E-state index in [-0.39, 0.29) is 29.9 Å². The minimum Gasteiger partial charge on any atom is -0.389 e. The summed E-state index contributed by atoms with van der Waals surface area (Å²) >= 11 is 10.9. The van der Waals surface area contributed by atoms with Gasteiger partial charge in [0, 0.05) is 5.56 Å². The summed E-state index contributed by atoms with van der Waals surface area (Å²) in [6, 6.07) is 5.03. The van der Waals surface area contributed by atoms with Gasteiger partial charge in [-0.1, -0.05) is 23.8 Å².